The van der Waals surface area contributed by atoms with Crippen LogP contribution >= 0.6 is 0 Å². The van der Waals surface area contributed by atoms with Gasteiger partial charge in [0.1, 0.15) is 0 Å². The first-order valence-electron chi connectivity index (χ1n) is 9.42. The summed E-state index contributed by atoms with van der Waals surface area (Å²) in [5.74, 6) is 1.86. The summed E-state index contributed by atoms with van der Waals surface area (Å²) in [5, 5.41) is 3.81. The zero-order valence-corrected chi connectivity index (χ0v) is 15.9. The predicted molar refractivity (Wildman–Crippen MR) is 104 cm³/mol. The van der Waals surface area contributed by atoms with E-state index >= 15 is 0 Å². The van der Waals surface area contributed by atoms with Crippen molar-refractivity contribution in [1.29, 1.82) is 0 Å². The Morgan fingerprint density at radius 1 is 1.15 bits per heavy atom. The van der Waals surface area contributed by atoms with Crippen molar-refractivity contribution in [3.63, 3.8) is 0 Å². The molecule has 3 rings (SSSR count). The van der Waals surface area contributed by atoms with Crippen LogP contribution in [0.25, 0.3) is 0 Å². The van der Waals surface area contributed by atoms with Gasteiger partial charge >= 0.3 is 0 Å². The fourth-order valence-corrected chi connectivity index (χ4v) is 3.62. The third-order valence-electron chi connectivity index (χ3n) is 5.04. The molecule has 1 N–H and O–H groups in total. The van der Waals surface area contributed by atoms with Gasteiger partial charge in [-0.2, -0.15) is 0 Å². The molecule has 0 aliphatic carbocycles. The number of hydrogen-bond donors (Lipinski definition) is 1. The van der Waals surface area contributed by atoms with Gasteiger partial charge in [0.25, 0.3) is 0 Å². The van der Waals surface area contributed by atoms with E-state index in [9.17, 15) is 0 Å². The molecule has 0 aromatic heterocycles. The van der Waals surface area contributed by atoms with Crippen LogP contribution in [0.1, 0.15) is 43.4 Å². The summed E-state index contributed by atoms with van der Waals surface area (Å²) in [6.07, 6.45) is 0.998. The van der Waals surface area contributed by atoms with Crippen LogP contribution in [0.2, 0.25) is 0 Å². The summed E-state index contributed by atoms with van der Waals surface area (Å²) in [7, 11) is 1.67. The predicted octanol–water partition coefficient (Wildman–Crippen LogP) is 4.32. The van der Waals surface area contributed by atoms with Gasteiger partial charge < -0.3 is 19.5 Å². The second-order valence-electron chi connectivity index (χ2n) is 6.72. The largest absolute Gasteiger partial charge is 0.493 e. The molecule has 0 saturated carbocycles. The Morgan fingerprint density at radius 3 is 2.69 bits per heavy atom. The second-order valence-corrected chi connectivity index (χ2v) is 6.72. The first kappa shape index (κ1) is 18.7. The van der Waals surface area contributed by atoms with Crippen LogP contribution in [0.3, 0.4) is 0 Å². The summed E-state index contributed by atoms with van der Waals surface area (Å²) in [4.78, 5) is 0. The number of benzene rings is 2. The number of hydrogen-bond acceptors (Lipinski definition) is 4. The van der Waals surface area contributed by atoms with Crippen molar-refractivity contribution in [3.05, 3.63) is 59.7 Å². The van der Waals surface area contributed by atoms with Crippen molar-refractivity contribution in [1.82, 2.24) is 5.32 Å². The van der Waals surface area contributed by atoms with E-state index in [0.29, 0.717) is 24.6 Å². The lowest BCUT2D eigenvalue weighted by molar-refractivity contribution is 0.0571. The molecule has 1 heterocycles. The average molecular weight is 355 g/mol. The van der Waals surface area contributed by atoms with E-state index in [4.69, 9.17) is 14.2 Å². The molecule has 4 heteroatoms. The number of ether oxygens (including phenoxy) is 3. The van der Waals surface area contributed by atoms with E-state index in [0.717, 1.165) is 31.1 Å². The fourth-order valence-electron chi connectivity index (χ4n) is 3.62. The van der Waals surface area contributed by atoms with Gasteiger partial charge in [-0.25, -0.2) is 0 Å². The normalized spacial score (nSPS) is 21.2. The van der Waals surface area contributed by atoms with Crippen LogP contribution in [0, 0.1) is 0 Å². The minimum atomic E-state index is 0.292. The highest BCUT2D eigenvalue weighted by atomic mass is 16.5. The molecule has 2 aromatic rings. The third-order valence-corrected chi connectivity index (χ3v) is 5.04. The minimum Gasteiger partial charge on any atom is -0.493 e. The van der Waals surface area contributed by atoms with Gasteiger partial charge in [0, 0.05) is 24.6 Å². The lowest BCUT2D eigenvalue weighted by Gasteiger charge is -2.35. The van der Waals surface area contributed by atoms with E-state index in [2.05, 4.69) is 54.7 Å². The highest BCUT2D eigenvalue weighted by Gasteiger charge is 2.29. The molecule has 1 fully saturated rings. The van der Waals surface area contributed by atoms with Gasteiger partial charge in [-0.1, -0.05) is 36.4 Å². The molecule has 2 aromatic carbocycles. The van der Waals surface area contributed by atoms with Crippen molar-refractivity contribution < 1.29 is 14.2 Å². The highest BCUT2D eigenvalue weighted by molar-refractivity contribution is 5.44. The second kappa shape index (κ2) is 9.06. The Labute approximate surface area is 156 Å². The summed E-state index contributed by atoms with van der Waals surface area (Å²) >= 11 is 0. The van der Waals surface area contributed by atoms with Crippen molar-refractivity contribution >= 4 is 0 Å². The van der Waals surface area contributed by atoms with E-state index in [1.165, 1.54) is 11.1 Å². The van der Waals surface area contributed by atoms with Crippen LogP contribution < -0.4 is 14.8 Å². The van der Waals surface area contributed by atoms with Gasteiger partial charge in [0.05, 0.1) is 20.3 Å². The quantitative estimate of drug-likeness (QED) is 0.803. The minimum absolute atomic E-state index is 0.292. The van der Waals surface area contributed by atoms with Crippen LogP contribution in [0.4, 0.5) is 0 Å². The number of methoxy groups -OCH3 is 1. The zero-order valence-electron chi connectivity index (χ0n) is 15.9. The zero-order chi connectivity index (χ0) is 18.4. The standard InChI is InChI=1S/C22H29NO3/c1-4-26-22-14-18(10-11-21(22)24-3)19-15-25-13-12-20(19)23-16(2)17-8-6-5-7-9-17/h5-11,14,16,19-20,23H,4,12-13,15H2,1-3H3. The van der Waals surface area contributed by atoms with E-state index in [-0.39, 0.29) is 0 Å². The van der Waals surface area contributed by atoms with Gasteiger partial charge in [-0.15, -0.1) is 0 Å². The lowest BCUT2D eigenvalue weighted by atomic mass is 9.87. The summed E-state index contributed by atoms with van der Waals surface area (Å²) in [6, 6.07) is 17.5. The molecular weight excluding hydrogens is 326 g/mol. The Kier molecular flexibility index (Phi) is 6.53. The maximum absolute atomic E-state index is 5.80. The SMILES string of the molecule is CCOc1cc(C2COCCC2NC(C)c2ccccc2)ccc1OC. The molecule has 140 valence electrons. The van der Waals surface area contributed by atoms with Crippen LogP contribution in [-0.2, 0) is 4.74 Å². The Bertz CT molecular complexity index is 689. The van der Waals surface area contributed by atoms with Crippen molar-refractivity contribution in [2.45, 2.75) is 38.3 Å². The van der Waals surface area contributed by atoms with Crippen LogP contribution in [0.15, 0.2) is 48.5 Å². The number of rotatable bonds is 7. The number of nitrogens with one attached hydrogen (secondary N) is 1. The molecule has 3 atom stereocenters. The van der Waals surface area contributed by atoms with Gasteiger partial charge in [-0.05, 0) is 43.5 Å². The lowest BCUT2D eigenvalue weighted by Crippen LogP contribution is -2.42. The van der Waals surface area contributed by atoms with E-state index in [1.54, 1.807) is 7.11 Å². The Morgan fingerprint density at radius 2 is 1.96 bits per heavy atom. The summed E-state index contributed by atoms with van der Waals surface area (Å²) < 4.78 is 17.0. The fraction of sp³-hybridized carbons (Fsp3) is 0.455. The monoisotopic (exact) mass is 355 g/mol. The average Bonchev–Trinajstić information content (AvgIpc) is 2.69. The maximum Gasteiger partial charge on any atom is 0.161 e. The smallest absolute Gasteiger partial charge is 0.161 e. The van der Waals surface area contributed by atoms with Gasteiger partial charge in [0.15, 0.2) is 11.5 Å². The van der Waals surface area contributed by atoms with E-state index < -0.39 is 0 Å². The summed E-state index contributed by atoms with van der Waals surface area (Å²) in [6.45, 7) is 6.35. The highest BCUT2D eigenvalue weighted by Crippen LogP contribution is 2.34. The molecular formula is C22H29NO3. The first-order chi connectivity index (χ1) is 12.7. The molecule has 0 spiro atoms. The molecule has 0 bridgehead atoms. The molecule has 1 saturated heterocycles. The van der Waals surface area contributed by atoms with Crippen molar-refractivity contribution in [2.75, 3.05) is 26.9 Å². The Hall–Kier alpha value is -2.04. The Balaban J connectivity index is 1.79. The van der Waals surface area contributed by atoms with Gasteiger partial charge in [0.2, 0.25) is 0 Å². The molecule has 3 unspecified atom stereocenters. The van der Waals surface area contributed by atoms with Crippen LogP contribution in [0.5, 0.6) is 11.5 Å². The first-order valence-corrected chi connectivity index (χ1v) is 9.42. The molecule has 4 nitrogen and oxygen atoms in total. The van der Waals surface area contributed by atoms with Crippen molar-refractivity contribution in [3.8, 4) is 11.5 Å². The van der Waals surface area contributed by atoms with Crippen LogP contribution in [-0.4, -0.2) is 33.0 Å². The molecule has 1 aliphatic heterocycles. The topological polar surface area (TPSA) is 39.7 Å². The molecule has 26 heavy (non-hydrogen) atoms. The maximum atomic E-state index is 5.80. The van der Waals surface area contributed by atoms with Crippen molar-refractivity contribution in [2.24, 2.45) is 0 Å². The van der Waals surface area contributed by atoms with E-state index in [1.807, 2.05) is 13.0 Å². The van der Waals surface area contributed by atoms with Gasteiger partial charge in [-0.3, -0.25) is 0 Å². The summed E-state index contributed by atoms with van der Waals surface area (Å²) in [5.41, 5.74) is 2.54. The molecule has 0 amide bonds. The molecule has 1 aliphatic rings. The third kappa shape index (κ3) is 4.37. The molecule has 0 radical (unpaired) electrons.